The minimum absolute atomic E-state index is 0.384. The fraction of sp³-hybridized carbons (Fsp3) is 0.545. The van der Waals surface area contributed by atoms with E-state index in [0.717, 1.165) is 17.9 Å². The number of rotatable bonds is 4. The topological polar surface area (TPSA) is 55.1 Å². The highest BCUT2D eigenvalue weighted by Gasteiger charge is 2.41. The number of aromatic nitrogens is 4. The van der Waals surface area contributed by atoms with Crippen molar-refractivity contribution in [1.29, 1.82) is 0 Å². The van der Waals surface area contributed by atoms with Crippen LogP contribution in [0.15, 0.2) is 6.33 Å². The third kappa shape index (κ3) is 1.93. The smallest absolute Gasteiger partial charge is 0.255 e. The van der Waals surface area contributed by atoms with Crippen molar-refractivity contribution < 1.29 is 0 Å². The molecule has 0 aromatic carbocycles. The van der Waals surface area contributed by atoms with Gasteiger partial charge in [0.25, 0.3) is 5.78 Å². The monoisotopic (exact) mass is 283 g/mol. The zero-order chi connectivity index (χ0) is 12.8. The lowest BCUT2D eigenvalue weighted by Crippen LogP contribution is -2.20. The molecule has 0 saturated heterocycles. The van der Waals surface area contributed by atoms with E-state index in [2.05, 4.69) is 26.6 Å². The predicted molar refractivity (Wildman–Crippen MR) is 74.5 cm³/mol. The molecule has 0 amide bonds. The Morgan fingerprint density at radius 2 is 2.33 bits per heavy atom. The van der Waals surface area contributed by atoms with Crippen molar-refractivity contribution in [2.75, 3.05) is 18.1 Å². The van der Waals surface area contributed by atoms with Gasteiger partial charge in [0.15, 0.2) is 0 Å². The molecule has 0 unspecified atom stereocenters. The van der Waals surface area contributed by atoms with E-state index in [4.69, 9.17) is 11.6 Å². The highest BCUT2D eigenvalue weighted by Crippen LogP contribution is 2.47. The highest BCUT2D eigenvalue weighted by molar-refractivity contribution is 8.00. The Morgan fingerprint density at radius 3 is 3.00 bits per heavy atom. The molecule has 2 aromatic rings. The summed E-state index contributed by atoms with van der Waals surface area (Å²) in [6, 6.07) is 0. The lowest BCUT2D eigenvalue weighted by atomic mass is 10.3. The molecule has 0 radical (unpaired) electrons. The molecule has 0 spiro atoms. The summed E-state index contributed by atoms with van der Waals surface area (Å²) in [6.45, 7) is 2.86. The molecule has 1 N–H and O–H groups in total. The summed E-state index contributed by atoms with van der Waals surface area (Å²) in [4.78, 5) is 8.26. The van der Waals surface area contributed by atoms with Crippen LogP contribution < -0.4 is 5.32 Å². The minimum Gasteiger partial charge on any atom is -0.368 e. The van der Waals surface area contributed by atoms with Gasteiger partial charge in [-0.05, 0) is 26.0 Å². The first-order valence-corrected chi connectivity index (χ1v) is 7.40. The van der Waals surface area contributed by atoms with Gasteiger partial charge in [0.2, 0.25) is 0 Å². The van der Waals surface area contributed by atoms with Gasteiger partial charge in [0, 0.05) is 16.9 Å². The maximum absolute atomic E-state index is 6.11. The Kier molecular flexibility index (Phi) is 2.86. The molecule has 2 aromatic heterocycles. The minimum atomic E-state index is 0.384. The summed E-state index contributed by atoms with van der Waals surface area (Å²) in [7, 11) is 0. The van der Waals surface area contributed by atoms with Crippen molar-refractivity contribution in [2.45, 2.75) is 24.5 Å². The number of nitrogens with one attached hydrogen (secondary N) is 1. The predicted octanol–water partition coefficient (Wildman–Crippen LogP) is 2.39. The van der Waals surface area contributed by atoms with Crippen LogP contribution in [0.5, 0.6) is 0 Å². The number of anilines is 1. The molecule has 7 heteroatoms. The van der Waals surface area contributed by atoms with Gasteiger partial charge in [-0.15, -0.1) is 0 Å². The Bertz CT molecular complexity index is 592. The molecule has 1 aliphatic rings. The number of fused-ring (bicyclic) bond motifs is 1. The maximum Gasteiger partial charge on any atom is 0.255 e. The van der Waals surface area contributed by atoms with Crippen molar-refractivity contribution in [3.8, 4) is 0 Å². The van der Waals surface area contributed by atoms with Gasteiger partial charge in [-0.1, -0.05) is 11.6 Å². The molecule has 1 saturated carbocycles. The second kappa shape index (κ2) is 4.28. The van der Waals surface area contributed by atoms with Crippen molar-refractivity contribution in [3.63, 3.8) is 0 Å². The summed E-state index contributed by atoms with van der Waals surface area (Å²) >= 11 is 8.03. The number of thioether (sulfide) groups is 1. The molecule has 0 bridgehead atoms. The van der Waals surface area contributed by atoms with E-state index < -0.39 is 0 Å². The molecule has 5 nitrogen and oxygen atoms in total. The van der Waals surface area contributed by atoms with E-state index in [-0.39, 0.29) is 0 Å². The van der Waals surface area contributed by atoms with Crippen molar-refractivity contribution in [2.24, 2.45) is 0 Å². The van der Waals surface area contributed by atoms with E-state index in [9.17, 15) is 0 Å². The molecule has 1 fully saturated rings. The largest absolute Gasteiger partial charge is 0.368 e. The lowest BCUT2D eigenvalue weighted by molar-refractivity contribution is 0.882. The third-order valence-electron chi connectivity index (χ3n) is 3.42. The van der Waals surface area contributed by atoms with Gasteiger partial charge in [0.1, 0.15) is 17.3 Å². The van der Waals surface area contributed by atoms with Crippen LogP contribution in [-0.2, 0) is 0 Å². The van der Waals surface area contributed by atoms with Crippen LogP contribution in [0.2, 0.25) is 5.15 Å². The van der Waals surface area contributed by atoms with Crippen LogP contribution in [0, 0.1) is 6.92 Å². The summed E-state index contributed by atoms with van der Waals surface area (Å²) in [6.07, 6.45) is 6.18. The first-order valence-electron chi connectivity index (χ1n) is 5.80. The first kappa shape index (κ1) is 12.0. The SMILES string of the molecule is CSC1(CNc2c(C)c(Cl)nc3ncnn23)CC1. The van der Waals surface area contributed by atoms with E-state index >= 15 is 0 Å². The maximum atomic E-state index is 6.11. The summed E-state index contributed by atoms with van der Waals surface area (Å²) in [5, 5.41) is 8.11. The average molecular weight is 284 g/mol. The van der Waals surface area contributed by atoms with Gasteiger partial charge < -0.3 is 5.32 Å². The Hall–Kier alpha value is -1.01. The van der Waals surface area contributed by atoms with E-state index in [1.807, 2.05) is 18.7 Å². The summed E-state index contributed by atoms with van der Waals surface area (Å²) in [5.41, 5.74) is 0.909. The average Bonchev–Trinajstić information content (AvgIpc) is 3.01. The van der Waals surface area contributed by atoms with Crippen LogP contribution in [0.25, 0.3) is 5.78 Å². The van der Waals surface area contributed by atoms with Gasteiger partial charge in [-0.2, -0.15) is 31.3 Å². The van der Waals surface area contributed by atoms with Crippen molar-refractivity contribution >= 4 is 35.0 Å². The fourth-order valence-corrected chi connectivity index (χ4v) is 2.83. The molecule has 3 rings (SSSR count). The normalized spacial score (nSPS) is 17.1. The lowest BCUT2D eigenvalue weighted by Gasteiger charge is -2.16. The molecule has 0 atom stereocenters. The Morgan fingerprint density at radius 1 is 1.56 bits per heavy atom. The second-order valence-corrected chi connectivity index (χ2v) is 6.22. The molecule has 18 heavy (non-hydrogen) atoms. The zero-order valence-electron chi connectivity index (χ0n) is 10.3. The number of halogens is 1. The van der Waals surface area contributed by atoms with Crippen LogP contribution in [0.3, 0.4) is 0 Å². The molecular formula is C11H14ClN5S. The van der Waals surface area contributed by atoms with Crippen LogP contribution in [0.4, 0.5) is 5.82 Å². The second-order valence-electron chi connectivity index (χ2n) is 4.59. The number of hydrogen-bond acceptors (Lipinski definition) is 5. The molecule has 2 heterocycles. The summed E-state index contributed by atoms with van der Waals surface area (Å²) < 4.78 is 2.09. The molecule has 0 aliphatic heterocycles. The van der Waals surface area contributed by atoms with E-state index in [0.29, 0.717) is 15.7 Å². The van der Waals surface area contributed by atoms with Crippen molar-refractivity contribution in [1.82, 2.24) is 19.6 Å². The van der Waals surface area contributed by atoms with E-state index in [1.165, 1.54) is 19.2 Å². The molecular weight excluding hydrogens is 270 g/mol. The Labute approximate surface area is 114 Å². The highest BCUT2D eigenvalue weighted by atomic mass is 35.5. The summed E-state index contributed by atoms with van der Waals surface area (Å²) in [5.74, 6) is 1.42. The number of hydrogen-bond donors (Lipinski definition) is 1. The fourth-order valence-electron chi connectivity index (χ4n) is 1.94. The third-order valence-corrected chi connectivity index (χ3v) is 5.21. The van der Waals surface area contributed by atoms with Gasteiger partial charge >= 0.3 is 0 Å². The molecule has 96 valence electrons. The van der Waals surface area contributed by atoms with Gasteiger partial charge in [-0.25, -0.2) is 0 Å². The van der Waals surface area contributed by atoms with Crippen molar-refractivity contribution in [3.05, 3.63) is 17.0 Å². The van der Waals surface area contributed by atoms with Crippen LogP contribution >= 0.6 is 23.4 Å². The van der Waals surface area contributed by atoms with Gasteiger partial charge in [-0.3, -0.25) is 0 Å². The standard InChI is InChI=1S/C11H14ClN5S/c1-7-8(12)16-10-14-6-15-17(10)9(7)13-5-11(18-2)3-4-11/h6,13H,3-5H2,1-2H3. The molecule has 1 aliphatic carbocycles. The zero-order valence-corrected chi connectivity index (χ0v) is 11.8. The number of nitrogens with zero attached hydrogens (tertiary/aromatic N) is 4. The quantitative estimate of drug-likeness (QED) is 0.873. The van der Waals surface area contributed by atoms with Crippen LogP contribution in [0.1, 0.15) is 18.4 Å². The Balaban J connectivity index is 1.94. The van der Waals surface area contributed by atoms with Gasteiger partial charge in [0.05, 0.1) is 0 Å². The van der Waals surface area contributed by atoms with E-state index in [1.54, 1.807) is 4.52 Å². The van der Waals surface area contributed by atoms with Crippen LogP contribution in [-0.4, -0.2) is 37.1 Å². The first-order chi connectivity index (χ1) is 8.65.